The van der Waals surface area contributed by atoms with Gasteiger partial charge in [-0.2, -0.15) is 13.2 Å². The molecule has 8 heteroatoms. The average Bonchev–Trinajstić information content (AvgIpc) is 3.04. The molecule has 2 amide bonds. The molecule has 0 radical (unpaired) electrons. The first-order valence-corrected chi connectivity index (χ1v) is 8.63. The van der Waals surface area contributed by atoms with Crippen LogP contribution in [0.1, 0.15) is 17.5 Å². The van der Waals surface area contributed by atoms with E-state index in [9.17, 15) is 27.2 Å². The quantitative estimate of drug-likeness (QED) is 0.739. The van der Waals surface area contributed by atoms with Crippen LogP contribution < -0.4 is 4.90 Å². The van der Waals surface area contributed by atoms with E-state index < -0.39 is 29.4 Å². The van der Waals surface area contributed by atoms with Crippen LogP contribution in [0, 0.1) is 11.7 Å². The molecule has 1 aliphatic rings. The number of rotatable bonds is 4. The number of carbonyl (C=O) groups excluding carboxylic acids is 2. The highest BCUT2D eigenvalue weighted by Crippen LogP contribution is 2.33. The number of anilines is 1. The zero-order valence-corrected chi connectivity index (χ0v) is 15.0. The molecule has 0 bridgehead atoms. The van der Waals surface area contributed by atoms with E-state index in [1.165, 1.54) is 35.0 Å². The lowest BCUT2D eigenvalue weighted by molar-refractivity contribution is -0.137. The Morgan fingerprint density at radius 3 is 2.57 bits per heavy atom. The van der Waals surface area contributed by atoms with E-state index in [4.69, 9.17) is 0 Å². The monoisotopic (exact) mass is 394 g/mol. The molecule has 1 aliphatic heterocycles. The molecule has 148 valence electrons. The maximum absolute atomic E-state index is 13.8. The number of halogens is 4. The van der Waals surface area contributed by atoms with E-state index in [-0.39, 0.29) is 31.1 Å². The molecule has 0 spiro atoms. The molecule has 1 saturated heterocycles. The van der Waals surface area contributed by atoms with Crippen molar-refractivity contribution in [3.8, 4) is 0 Å². The Kier molecular flexibility index (Phi) is 5.40. The molecule has 28 heavy (non-hydrogen) atoms. The number of benzene rings is 2. The van der Waals surface area contributed by atoms with Crippen LogP contribution in [0.4, 0.5) is 23.2 Å². The number of hydrogen-bond donors (Lipinski definition) is 0. The lowest BCUT2D eigenvalue weighted by Crippen LogP contribution is -2.34. The fourth-order valence-electron chi connectivity index (χ4n) is 3.24. The molecule has 0 aromatic heterocycles. The van der Waals surface area contributed by atoms with Gasteiger partial charge in [0.15, 0.2) is 0 Å². The zero-order chi connectivity index (χ0) is 20.5. The third kappa shape index (κ3) is 4.16. The van der Waals surface area contributed by atoms with E-state index in [2.05, 4.69) is 0 Å². The normalized spacial score (nSPS) is 17.1. The van der Waals surface area contributed by atoms with Gasteiger partial charge in [-0.1, -0.05) is 24.3 Å². The Hall–Kier alpha value is -2.90. The van der Waals surface area contributed by atoms with Crippen molar-refractivity contribution in [3.63, 3.8) is 0 Å². The van der Waals surface area contributed by atoms with Crippen molar-refractivity contribution >= 4 is 17.5 Å². The molecule has 3 rings (SSSR count). The summed E-state index contributed by atoms with van der Waals surface area (Å²) in [5, 5.41) is 0. The second-order valence-electron chi connectivity index (χ2n) is 6.74. The van der Waals surface area contributed by atoms with Crippen LogP contribution in [-0.2, 0) is 22.3 Å². The van der Waals surface area contributed by atoms with Gasteiger partial charge in [0.1, 0.15) is 5.82 Å². The molecule has 0 N–H and O–H groups in total. The van der Waals surface area contributed by atoms with E-state index in [1.807, 2.05) is 0 Å². The van der Waals surface area contributed by atoms with Gasteiger partial charge in [0.25, 0.3) is 0 Å². The number of carbonyl (C=O) groups is 2. The number of alkyl halides is 3. The van der Waals surface area contributed by atoms with Gasteiger partial charge in [-0.05, 0) is 24.3 Å². The molecular formula is C20H18F4N2O2. The molecule has 2 aromatic carbocycles. The fraction of sp³-hybridized carbons (Fsp3) is 0.300. The number of amides is 2. The molecule has 1 atom stereocenters. The number of hydrogen-bond acceptors (Lipinski definition) is 2. The molecular weight excluding hydrogens is 376 g/mol. The highest BCUT2D eigenvalue weighted by Gasteiger charge is 2.38. The molecule has 0 unspecified atom stereocenters. The maximum atomic E-state index is 13.8. The lowest BCUT2D eigenvalue weighted by atomic mass is 10.1. The summed E-state index contributed by atoms with van der Waals surface area (Å²) in [6.45, 7) is 0.0281. The smallest absolute Gasteiger partial charge is 0.341 e. The van der Waals surface area contributed by atoms with Crippen molar-refractivity contribution in [2.24, 2.45) is 5.92 Å². The van der Waals surface area contributed by atoms with Gasteiger partial charge in [0.2, 0.25) is 11.8 Å². The molecule has 0 saturated carbocycles. The minimum atomic E-state index is -4.52. The standard InChI is InChI=1S/C20H18F4N2O2/c1-25(11-13-5-2-3-8-17(13)21)19(28)14-9-18(27)26(12-14)16-7-4-6-15(10-16)20(22,23)24/h2-8,10,14H,9,11-12H2,1H3/t14-/m0/s1. The van der Waals surface area contributed by atoms with E-state index in [0.29, 0.717) is 5.56 Å². The minimum Gasteiger partial charge on any atom is -0.341 e. The Labute approximate surface area is 159 Å². The second kappa shape index (κ2) is 7.61. The minimum absolute atomic E-state index is 0.0133. The summed E-state index contributed by atoms with van der Waals surface area (Å²) in [6.07, 6.45) is -4.62. The van der Waals surface area contributed by atoms with Crippen LogP contribution in [0.25, 0.3) is 0 Å². The lowest BCUT2D eigenvalue weighted by Gasteiger charge is -2.22. The van der Waals surface area contributed by atoms with Crippen molar-refractivity contribution in [1.29, 1.82) is 0 Å². The van der Waals surface area contributed by atoms with Gasteiger partial charge in [-0.3, -0.25) is 9.59 Å². The van der Waals surface area contributed by atoms with Crippen LogP contribution in [0.2, 0.25) is 0 Å². The summed E-state index contributed by atoms with van der Waals surface area (Å²) in [5.41, 5.74) is -0.409. The summed E-state index contributed by atoms with van der Waals surface area (Å²) in [6, 6.07) is 10.5. The number of nitrogens with zero attached hydrogens (tertiary/aromatic N) is 2. The van der Waals surface area contributed by atoms with E-state index in [1.54, 1.807) is 18.2 Å². The van der Waals surface area contributed by atoms with Gasteiger partial charge in [0, 0.05) is 37.8 Å². The summed E-state index contributed by atoms with van der Waals surface area (Å²) < 4.78 is 52.5. The van der Waals surface area contributed by atoms with Crippen LogP contribution in [0.5, 0.6) is 0 Å². The summed E-state index contributed by atoms with van der Waals surface area (Å²) in [4.78, 5) is 27.5. The van der Waals surface area contributed by atoms with Crippen LogP contribution in [0.15, 0.2) is 48.5 Å². The molecule has 1 heterocycles. The second-order valence-corrected chi connectivity index (χ2v) is 6.74. The largest absolute Gasteiger partial charge is 0.416 e. The molecule has 4 nitrogen and oxygen atoms in total. The predicted octanol–water partition coefficient (Wildman–Crippen LogP) is 3.86. The first-order chi connectivity index (χ1) is 13.2. The van der Waals surface area contributed by atoms with E-state index in [0.717, 1.165) is 12.1 Å². The van der Waals surface area contributed by atoms with Crippen LogP contribution in [-0.4, -0.2) is 30.3 Å². The SMILES string of the molecule is CN(Cc1ccccc1F)C(=O)[C@H]1CC(=O)N(c2cccc(C(F)(F)F)c2)C1. The summed E-state index contributed by atoms with van der Waals surface area (Å²) in [7, 11) is 1.51. The predicted molar refractivity (Wildman–Crippen MR) is 94.8 cm³/mol. The third-order valence-electron chi connectivity index (χ3n) is 4.70. The van der Waals surface area contributed by atoms with Gasteiger partial charge >= 0.3 is 6.18 Å². The Bertz CT molecular complexity index is 898. The summed E-state index contributed by atoms with van der Waals surface area (Å²) >= 11 is 0. The van der Waals surface area contributed by atoms with E-state index >= 15 is 0 Å². The Morgan fingerprint density at radius 2 is 1.89 bits per heavy atom. The van der Waals surface area contributed by atoms with Crippen molar-refractivity contribution in [3.05, 3.63) is 65.5 Å². The maximum Gasteiger partial charge on any atom is 0.416 e. The molecule has 1 fully saturated rings. The van der Waals surface area contributed by atoms with Gasteiger partial charge in [-0.25, -0.2) is 4.39 Å². The fourth-order valence-corrected chi connectivity index (χ4v) is 3.24. The van der Waals surface area contributed by atoms with Crippen molar-refractivity contribution in [1.82, 2.24) is 4.90 Å². The average molecular weight is 394 g/mol. The van der Waals surface area contributed by atoms with Gasteiger partial charge in [-0.15, -0.1) is 0 Å². The van der Waals surface area contributed by atoms with Crippen molar-refractivity contribution in [2.75, 3.05) is 18.5 Å². The van der Waals surface area contributed by atoms with Crippen LogP contribution >= 0.6 is 0 Å². The highest BCUT2D eigenvalue weighted by molar-refractivity contribution is 6.00. The topological polar surface area (TPSA) is 40.6 Å². The van der Waals surface area contributed by atoms with Crippen LogP contribution in [0.3, 0.4) is 0 Å². The van der Waals surface area contributed by atoms with Gasteiger partial charge in [0.05, 0.1) is 11.5 Å². The van der Waals surface area contributed by atoms with Gasteiger partial charge < -0.3 is 9.80 Å². The Balaban J connectivity index is 1.72. The first-order valence-electron chi connectivity index (χ1n) is 8.63. The third-order valence-corrected chi connectivity index (χ3v) is 4.70. The molecule has 2 aromatic rings. The highest BCUT2D eigenvalue weighted by atomic mass is 19.4. The summed E-state index contributed by atoms with van der Waals surface area (Å²) in [5.74, 6) is -1.91. The molecule has 0 aliphatic carbocycles. The Morgan fingerprint density at radius 1 is 1.18 bits per heavy atom. The van der Waals surface area contributed by atoms with Crippen molar-refractivity contribution < 1.29 is 27.2 Å². The zero-order valence-electron chi connectivity index (χ0n) is 15.0. The van der Waals surface area contributed by atoms with Crippen molar-refractivity contribution in [2.45, 2.75) is 19.1 Å². The first kappa shape index (κ1) is 19.9.